The number of hydrogen-bond donors (Lipinski definition) is 1. The number of nitrogens with two attached hydrogens (primary N) is 1. The molecule has 2 saturated heterocycles. The minimum absolute atomic E-state index is 0. The van der Waals surface area contributed by atoms with Gasteiger partial charge < -0.3 is 10.6 Å². The van der Waals surface area contributed by atoms with Crippen LogP contribution < -0.4 is 5.73 Å². The van der Waals surface area contributed by atoms with E-state index in [2.05, 4.69) is 36.1 Å². The van der Waals surface area contributed by atoms with Crippen LogP contribution in [0.25, 0.3) is 0 Å². The molecule has 2 atom stereocenters. The van der Waals surface area contributed by atoms with Crippen LogP contribution in [0, 0.1) is 5.92 Å². The van der Waals surface area contributed by atoms with Gasteiger partial charge in [0.1, 0.15) is 0 Å². The summed E-state index contributed by atoms with van der Waals surface area (Å²) in [7, 11) is 0. The predicted molar refractivity (Wildman–Crippen MR) is 95.8 cm³/mol. The molecule has 3 rings (SSSR count). The van der Waals surface area contributed by atoms with Gasteiger partial charge in [-0.25, -0.2) is 0 Å². The molecule has 0 spiro atoms. The van der Waals surface area contributed by atoms with Gasteiger partial charge in [-0.3, -0.25) is 9.69 Å². The third kappa shape index (κ3) is 4.46. The number of amides is 1. The largest absolute Gasteiger partial charge is 0.342 e. The van der Waals surface area contributed by atoms with E-state index < -0.39 is 0 Å². The summed E-state index contributed by atoms with van der Waals surface area (Å²) in [5.74, 6) is 1.37. The fraction of sp³-hybridized carbons (Fsp3) is 0.611. The summed E-state index contributed by atoms with van der Waals surface area (Å²) in [6, 6.07) is 10.6. The van der Waals surface area contributed by atoms with Crippen LogP contribution in [0.15, 0.2) is 30.3 Å². The monoisotopic (exact) mass is 337 g/mol. The Morgan fingerprint density at radius 2 is 1.83 bits per heavy atom. The van der Waals surface area contributed by atoms with Crippen LogP contribution in [-0.4, -0.2) is 54.5 Å². The second-order valence-electron chi connectivity index (χ2n) is 6.94. The van der Waals surface area contributed by atoms with E-state index >= 15 is 0 Å². The molecule has 1 aromatic carbocycles. The Kier molecular flexibility index (Phi) is 6.45. The highest BCUT2D eigenvalue weighted by molar-refractivity contribution is 5.85. The Bertz CT molecular complexity index is 502. The first-order valence-electron chi connectivity index (χ1n) is 8.44. The van der Waals surface area contributed by atoms with E-state index in [1.165, 1.54) is 5.56 Å². The lowest BCUT2D eigenvalue weighted by Gasteiger charge is -2.31. The second kappa shape index (κ2) is 8.13. The molecular formula is C18H28ClN3O. The van der Waals surface area contributed by atoms with Crippen LogP contribution in [0.3, 0.4) is 0 Å². The molecule has 2 aliphatic heterocycles. The van der Waals surface area contributed by atoms with E-state index in [1.807, 2.05) is 11.0 Å². The number of hydrogen-bond acceptors (Lipinski definition) is 3. The van der Waals surface area contributed by atoms with Crippen LogP contribution in [0.4, 0.5) is 0 Å². The highest BCUT2D eigenvalue weighted by atomic mass is 35.5. The van der Waals surface area contributed by atoms with E-state index in [-0.39, 0.29) is 24.4 Å². The molecule has 0 saturated carbocycles. The lowest BCUT2D eigenvalue weighted by atomic mass is 9.95. The van der Waals surface area contributed by atoms with Gasteiger partial charge in [-0.2, -0.15) is 0 Å². The van der Waals surface area contributed by atoms with Gasteiger partial charge in [-0.15, -0.1) is 12.4 Å². The molecular weight excluding hydrogens is 310 g/mol. The van der Waals surface area contributed by atoms with Crippen molar-refractivity contribution in [1.29, 1.82) is 0 Å². The smallest absolute Gasteiger partial charge is 0.236 e. The summed E-state index contributed by atoms with van der Waals surface area (Å²) in [6.07, 6.45) is 2.27. The first-order chi connectivity index (χ1) is 10.6. The maximum absolute atomic E-state index is 12.5. The van der Waals surface area contributed by atoms with Crippen molar-refractivity contribution in [2.75, 3.05) is 32.7 Å². The standard InChI is InChI=1S/C18H27N3O.ClH/c1-14-7-9-21(10-8-14)18(22)13-20-11-16(17(19)12-20)15-5-3-2-4-6-15;/h2-6,14,16-17H,7-13,19H2,1H3;1H/t16-,17+;/m0./s1. The molecule has 0 bridgehead atoms. The van der Waals surface area contributed by atoms with E-state index in [0.29, 0.717) is 12.5 Å². The van der Waals surface area contributed by atoms with Crippen molar-refractivity contribution < 1.29 is 4.79 Å². The van der Waals surface area contributed by atoms with Crippen molar-refractivity contribution in [2.24, 2.45) is 11.7 Å². The quantitative estimate of drug-likeness (QED) is 0.918. The van der Waals surface area contributed by atoms with E-state index in [9.17, 15) is 4.79 Å². The van der Waals surface area contributed by atoms with Crippen molar-refractivity contribution in [3.8, 4) is 0 Å². The summed E-state index contributed by atoms with van der Waals surface area (Å²) in [4.78, 5) is 16.7. The Balaban J connectivity index is 0.00000192. The fourth-order valence-electron chi connectivity index (χ4n) is 3.64. The lowest BCUT2D eigenvalue weighted by molar-refractivity contribution is -0.133. The number of nitrogens with zero attached hydrogens (tertiary/aromatic N) is 2. The molecule has 0 radical (unpaired) electrons. The van der Waals surface area contributed by atoms with Crippen LogP contribution in [0.2, 0.25) is 0 Å². The number of benzene rings is 1. The van der Waals surface area contributed by atoms with Crippen molar-refractivity contribution >= 4 is 18.3 Å². The number of likely N-dealkylation sites (tertiary alicyclic amines) is 2. The van der Waals surface area contributed by atoms with Crippen molar-refractivity contribution in [1.82, 2.24) is 9.80 Å². The first-order valence-corrected chi connectivity index (χ1v) is 8.44. The Labute approximate surface area is 145 Å². The molecule has 2 N–H and O–H groups in total. The Morgan fingerprint density at radius 3 is 2.48 bits per heavy atom. The van der Waals surface area contributed by atoms with Gasteiger partial charge in [-0.05, 0) is 24.3 Å². The van der Waals surface area contributed by atoms with Gasteiger partial charge >= 0.3 is 0 Å². The van der Waals surface area contributed by atoms with Gasteiger partial charge in [0.2, 0.25) is 5.91 Å². The molecule has 0 aromatic heterocycles. The van der Waals surface area contributed by atoms with Gasteiger partial charge in [-0.1, -0.05) is 37.3 Å². The number of piperidine rings is 1. The Morgan fingerprint density at radius 1 is 1.17 bits per heavy atom. The minimum Gasteiger partial charge on any atom is -0.342 e. The maximum Gasteiger partial charge on any atom is 0.236 e. The first kappa shape index (κ1) is 18.2. The summed E-state index contributed by atoms with van der Waals surface area (Å²) in [6.45, 7) is 6.33. The normalized spacial score (nSPS) is 26.1. The zero-order chi connectivity index (χ0) is 15.5. The summed E-state index contributed by atoms with van der Waals surface area (Å²) < 4.78 is 0. The zero-order valence-electron chi connectivity index (χ0n) is 13.9. The molecule has 0 unspecified atom stereocenters. The zero-order valence-corrected chi connectivity index (χ0v) is 14.7. The van der Waals surface area contributed by atoms with Gasteiger partial charge in [0.25, 0.3) is 0 Å². The molecule has 1 amide bonds. The minimum atomic E-state index is 0. The molecule has 2 heterocycles. The summed E-state index contributed by atoms with van der Waals surface area (Å²) in [5.41, 5.74) is 7.60. The van der Waals surface area contributed by atoms with E-state index in [4.69, 9.17) is 5.73 Å². The van der Waals surface area contributed by atoms with Crippen molar-refractivity contribution in [3.05, 3.63) is 35.9 Å². The highest BCUT2D eigenvalue weighted by Gasteiger charge is 2.33. The lowest BCUT2D eigenvalue weighted by Crippen LogP contribution is -2.43. The van der Waals surface area contributed by atoms with Crippen LogP contribution in [-0.2, 0) is 4.79 Å². The molecule has 2 aliphatic rings. The van der Waals surface area contributed by atoms with Crippen LogP contribution >= 0.6 is 12.4 Å². The topological polar surface area (TPSA) is 49.6 Å². The molecule has 2 fully saturated rings. The molecule has 4 nitrogen and oxygen atoms in total. The van der Waals surface area contributed by atoms with Crippen LogP contribution in [0.5, 0.6) is 0 Å². The fourth-order valence-corrected chi connectivity index (χ4v) is 3.64. The number of rotatable bonds is 3. The van der Waals surface area contributed by atoms with Gasteiger partial charge in [0, 0.05) is 38.1 Å². The third-order valence-corrected chi connectivity index (χ3v) is 5.16. The maximum atomic E-state index is 12.5. The summed E-state index contributed by atoms with van der Waals surface area (Å²) in [5, 5.41) is 0. The average Bonchev–Trinajstić information content (AvgIpc) is 2.89. The van der Waals surface area contributed by atoms with Crippen LogP contribution in [0.1, 0.15) is 31.2 Å². The number of carbonyl (C=O) groups is 1. The van der Waals surface area contributed by atoms with Crippen molar-refractivity contribution in [2.45, 2.75) is 31.7 Å². The molecule has 23 heavy (non-hydrogen) atoms. The third-order valence-electron chi connectivity index (χ3n) is 5.16. The predicted octanol–water partition coefficient (Wildman–Crippen LogP) is 2.09. The second-order valence-corrected chi connectivity index (χ2v) is 6.94. The van der Waals surface area contributed by atoms with Gasteiger partial charge in [0.15, 0.2) is 0 Å². The molecule has 0 aliphatic carbocycles. The summed E-state index contributed by atoms with van der Waals surface area (Å²) >= 11 is 0. The average molecular weight is 338 g/mol. The van der Waals surface area contributed by atoms with Gasteiger partial charge in [0.05, 0.1) is 6.54 Å². The SMILES string of the molecule is CC1CCN(C(=O)CN2C[C@@H](N)[C@H](c3ccccc3)C2)CC1.Cl. The number of carbonyl (C=O) groups excluding carboxylic acids is 1. The molecule has 1 aromatic rings. The molecule has 5 heteroatoms. The van der Waals surface area contributed by atoms with Crippen molar-refractivity contribution in [3.63, 3.8) is 0 Å². The molecule has 128 valence electrons. The Hall–Kier alpha value is -1.10. The highest BCUT2D eigenvalue weighted by Crippen LogP contribution is 2.26. The van der Waals surface area contributed by atoms with E-state index in [1.54, 1.807) is 0 Å². The van der Waals surface area contributed by atoms with E-state index in [0.717, 1.165) is 44.9 Å². The number of halogens is 1.